The molecule has 0 aliphatic carbocycles. The Morgan fingerprint density at radius 2 is 1.96 bits per heavy atom. The van der Waals surface area contributed by atoms with Crippen LogP contribution in [-0.4, -0.2) is 43.6 Å². The molecule has 8 heteroatoms. The highest BCUT2D eigenvalue weighted by Gasteiger charge is 2.27. The van der Waals surface area contributed by atoms with E-state index in [2.05, 4.69) is 5.32 Å². The Hall–Kier alpha value is -3.00. The molecule has 1 fully saturated rings. The Bertz CT molecular complexity index is 895. The van der Waals surface area contributed by atoms with Crippen molar-refractivity contribution in [3.8, 4) is 0 Å². The summed E-state index contributed by atoms with van der Waals surface area (Å²) in [4.78, 5) is 26.0. The molecule has 2 aromatic carbocycles. The summed E-state index contributed by atoms with van der Waals surface area (Å²) in [5.74, 6) is -0.673. The number of nitro benzene ring substituents is 1. The summed E-state index contributed by atoms with van der Waals surface area (Å²) in [6.45, 7) is 6.81. The molecule has 148 valence electrons. The minimum absolute atomic E-state index is 0.0510. The molecule has 0 spiro atoms. The number of piperazine rings is 1. The number of quaternary nitrogens is 1. The zero-order chi connectivity index (χ0) is 20.3. The SMILES string of the molecule is Cc1cccc(NC(=O)C[NH+]2CCN(c3ccc(F)cc3[N+](=O)[O-])CC2)c1C. The monoisotopic (exact) mass is 387 g/mol. The topological polar surface area (TPSA) is 79.9 Å². The van der Waals surface area contributed by atoms with E-state index in [0.29, 0.717) is 38.4 Å². The van der Waals surface area contributed by atoms with Crippen LogP contribution < -0.4 is 15.1 Å². The van der Waals surface area contributed by atoms with Crippen LogP contribution in [0.1, 0.15) is 11.1 Å². The smallest absolute Gasteiger partial charge is 0.295 e. The first-order valence-corrected chi connectivity index (χ1v) is 9.23. The lowest BCUT2D eigenvalue weighted by Gasteiger charge is -2.33. The maximum absolute atomic E-state index is 13.3. The number of benzene rings is 2. The van der Waals surface area contributed by atoms with Crippen LogP contribution in [0.4, 0.5) is 21.5 Å². The zero-order valence-electron chi connectivity index (χ0n) is 16.0. The van der Waals surface area contributed by atoms with E-state index in [4.69, 9.17) is 0 Å². The van der Waals surface area contributed by atoms with Crippen molar-refractivity contribution in [2.75, 3.05) is 42.9 Å². The Labute approximate surface area is 162 Å². The molecular weight excluding hydrogens is 363 g/mol. The van der Waals surface area contributed by atoms with Gasteiger partial charge < -0.3 is 15.1 Å². The fourth-order valence-electron chi connectivity index (χ4n) is 3.46. The van der Waals surface area contributed by atoms with Gasteiger partial charge in [-0.05, 0) is 43.2 Å². The minimum atomic E-state index is -0.622. The molecule has 2 N–H and O–H groups in total. The van der Waals surface area contributed by atoms with Crippen LogP contribution in [-0.2, 0) is 4.79 Å². The third kappa shape index (κ3) is 4.45. The summed E-state index contributed by atoms with van der Waals surface area (Å²) < 4.78 is 13.3. The van der Waals surface area contributed by atoms with E-state index in [0.717, 1.165) is 27.8 Å². The van der Waals surface area contributed by atoms with E-state index in [1.807, 2.05) is 36.9 Å². The lowest BCUT2D eigenvalue weighted by molar-refractivity contribution is -0.892. The number of carbonyl (C=O) groups is 1. The van der Waals surface area contributed by atoms with Gasteiger partial charge in [0.25, 0.3) is 11.6 Å². The zero-order valence-corrected chi connectivity index (χ0v) is 16.0. The molecule has 1 aliphatic rings. The van der Waals surface area contributed by atoms with Crippen molar-refractivity contribution in [2.24, 2.45) is 0 Å². The van der Waals surface area contributed by atoms with E-state index >= 15 is 0 Å². The van der Waals surface area contributed by atoms with E-state index in [-0.39, 0.29) is 11.6 Å². The van der Waals surface area contributed by atoms with Gasteiger partial charge in [-0.3, -0.25) is 14.9 Å². The Morgan fingerprint density at radius 3 is 2.64 bits per heavy atom. The molecule has 0 atom stereocenters. The molecule has 0 saturated carbocycles. The molecule has 3 rings (SSSR count). The predicted octanol–water partition coefficient (Wildman–Crippen LogP) is 1.69. The van der Waals surface area contributed by atoms with Gasteiger partial charge in [0.1, 0.15) is 11.5 Å². The molecular formula is C20H24FN4O3+. The van der Waals surface area contributed by atoms with Crippen LogP contribution >= 0.6 is 0 Å². The first kappa shape index (κ1) is 19.8. The van der Waals surface area contributed by atoms with Crippen molar-refractivity contribution < 1.29 is 19.0 Å². The number of anilines is 2. The highest BCUT2D eigenvalue weighted by molar-refractivity contribution is 5.92. The van der Waals surface area contributed by atoms with Gasteiger partial charge in [0.05, 0.1) is 37.2 Å². The molecule has 7 nitrogen and oxygen atoms in total. The molecule has 0 radical (unpaired) electrons. The molecule has 2 aromatic rings. The van der Waals surface area contributed by atoms with Crippen LogP contribution in [0.2, 0.25) is 0 Å². The molecule has 1 heterocycles. The van der Waals surface area contributed by atoms with Gasteiger partial charge in [0.15, 0.2) is 6.54 Å². The molecule has 0 bridgehead atoms. The van der Waals surface area contributed by atoms with Crippen LogP contribution in [0, 0.1) is 29.8 Å². The van der Waals surface area contributed by atoms with E-state index in [1.165, 1.54) is 12.1 Å². The van der Waals surface area contributed by atoms with Crippen molar-refractivity contribution in [3.05, 3.63) is 63.5 Å². The number of halogens is 1. The average molecular weight is 387 g/mol. The van der Waals surface area contributed by atoms with Crippen LogP contribution in [0.25, 0.3) is 0 Å². The lowest BCUT2D eigenvalue weighted by atomic mass is 10.1. The number of carbonyl (C=O) groups excluding carboxylic acids is 1. The van der Waals surface area contributed by atoms with Gasteiger partial charge in [-0.1, -0.05) is 12.1 Å². The average Bonchev–Trinajstić information content (AvgIpc) is 2.66. The van der Waals surface area contributed by atoms with E-state index < -0.39 is 10.7 Å². The third-order valence-electron chi connectivity index (χ3n) is 5.23. The van der Waals surface area contributed by atoms with Gasteiger partial charge >= 0.3 is 0 Å². The molecule has 0 unspecified atom stereocenters. The van der Waals surface area contributed by atoms with Gasteiger partial charge in [0.2, 0.25) is 0 Å². The Morgan fingerprint density at radius 1 is 1.25 bits per heavy atom. The Kier molecular flexibility index (Phi) is 5.89. The van der Waals surface area contributed by atoms with Gasteiger partial charge in [-0.2, -0.15) is 0 Å². The van der Waals surface area contributed by atoms with E-state index in [1.54, 1.807) is 0 Å². The number of hydrogen-bond acceptors (Lipinski definition) is 4. The molecule has 1 saturated heterocycles. The number of nitrogens with one attached hydrogen (secondary N) is 2. The molecule has 28 heavy (non-hydrogen) atoms. The number of aryl methyl sites for hydroxylation is 1. The first-order valence-electron chi connectivity index (χ1n) is 9.23. The van der Waals surface area contributed by atoms with E-state index in [9.17, 15) is 19.3 Å². The van der Waals surface area contributed by atoms with Crippen molar-refractivity contribution in [3.63, 3.8) is 0 Å². The summed E-state index contributed by atoms with van der Waals surface area (Å²) in [6, 6.07) is 9.45. The lowest BCUT2D eigenvalue weighted by Crippen LogP contribution is -3.15. The summed E-state index contributed by atoms with van der Waals surface area (Å²) in [5, 5.41) is 14.2. The van der Waals surface area contributed by atoms with Gasteiger partial charge in [-0.15, -0.1) is 0 Å². The van der Waals surface area contributed by atoms with Crippen molar-refractivity contribution in [1.29, 1.82) is 0 Å². The molecule has 1 aliphatic heterocycles. The number of nitrogens with zero attached hydrogens (tertiary/aromatic N) is 2. The summed E-state index contributed by atoms with van der Waals surface area (Å²) in [5.41, 5.74) is 3.20. The summed E-state index contributed by atoms with van der Waals surface area (Å²) in [7, 11) is 0. The second-order valence-corrected chi connectivity index (χ2v) is 7.10. The van der Waals surface area contributed by atoms with Gasteiger partial charge in [0, 0.05) is 5.69 Å². The third-order valence-corrected chi connectivity index (χ3v) is 5.23. The molecule has 1 amide bonds. The highest BCUT2D eigenvalue weighted by Crippen LogP contribution is 2.28. The number of rotatable bonds is 5. The van der Waals surface area contributed by atoms with Crippen molar-refractivity contribution in [2.45, 2.75) is 13.8 Å². The number of nitro groups is 1. The van der Waals surface area contributed by atoms with Crippen LogP contribution in [0.5, 0.6) is 0 Å². The maximum Gasteiger partial charge on any atom is 0.295 e. The number of hydrogen-bond donors (Lipinski definition) is 2. The fraction of sp³-hybridized carbons (Fsp3) is 0.350. The fourth-order valence-corrected chi connectivity index (χ4v) is 3.46. The summed E-state index contributed by atoms with van der Waals surface area (Å²) in [6.07, 6.45) is 0. The second kappa shape index (κ2) is 8.35. The normalized spacial score (nSPS) is 14.8. The van der Waals surface area contributed by atoms with Crippen molar-refractivity contribution >= 4 is 23.0 Å². The number of amides is 1. The minimum Gasteiger partial charge on any atom is -0.355 e. The molecule has 0 aromatic heterocycles. The van der Waals surface area contributed by atoms with Crippen LogP contribution in [0.15, 0.2) is 36.4 Å². The van der Waals surface area contributed by atoms with Gasteiger partial charge in [-0.25, -0.2) is 4.39 Å². The second-order valence-electron chi connectivity index (χ2n) is 7.10. The Balaban J connectivity index is 1.58. The predicted molar refractivity (Wildman–Crippen MR) is 105 cm³/mol. The standard InChI is InChI=1S/C20H23FN4O3/c1-14-4-3-5-17(15(14)2)22-20(26)13-23-8-10-24(11-9-23)18-7-6-16(21)12-19(18)25(27)28/h3-7,12H,8-11,13H2,1-2H3,(H,22,26)/p+1. The highest BCUT2D eigenvalue weighted by atomic mass is 19.1. The van der Waals surface area contributed by atoms with Crippen molar-refractivity contribution in [1.82, 2.24) is 0 Å². The quantitative estimate of drug-likeness (QED) is 0.605. The summed E-state index contributed by atoms with van der Waals surface area (Å²) >= 11 is 0. The largest absolute Gasteiger partial charge is 0.355 e. The maximum atomic E-state index is 13.3. The van der Waals surface area contributed by atoms with Crippen LogP contribution in [0.3, 0.4) is 0 Å². The first-order chi connectivity index (χ1) is 13.3.